The minimum Gasteiger partial charge on any atom is -0.497 e. The lowest BCUT2D eigenvalue weighted by Crippen LogP contribution is -2.07. The summed E-state index contributed by atoms with van der Waals surface area (Å²) >= 11 is 0. The Hall–Kier alpha value is -1.77. The number of benzene rings is 1. The maximum absolute atomic E-state index is 10.6. The summed E-state index contributed by atoms with van der Waals surface area (Å²) in [5.41, 5.74) is 1.26. The summed E-state index contributed by atoms with van der Waals surface area (Å²) in [4.78, 5) is 10.6. The second-order valence-corrected chi connectivity index (χ2v) is 4.33. The van der Waals surface area contributed by atoms with E-state index in [-0.39, 0.29) is 5.92 Å². The molecule has 18 heavy (non-hydrogen) atoms. The number of carboxylic acids is 1. The molecular formula is C15H20O3. The first-order valence-corrected chi connectivity index (χ1v) is 6.14. The average Bonchev–Trinajstić information content (AvgIpc) is 2.38. The van der Waals surface area contributed by atoms with Gasteiger partial charge >= 0.3 is 5.97 Å². The fourth-order valence-corrected chi connectivity index (χ4v) is 1.56. The van der Waals surface area contributed by atoms with E-state index in [4.69, 9.17) is 9.84 Å². The zero-order valence-electron chi connectivity index (χ0n) is 10.9. The van der Waals surface area contributed by atoms with Crippen LogP contribution in [-0.2, 0) is 11.2 Å². The van der Waals surface area contributed by atoms with Gasteiger partial charge in [0.05, 0.1) is 13.0 Å². The molecule has 3 heteroatoms. The van der Waals surface area contributed by atoms with Crippen LogP contribution >= 0.6 is 0 Å². The lowest BCUT2D eigenvalue weighted by atomic mass is 10.1. The second-order valence-electron chi connectivity index (χ2n) is 4.33. The van der Waals surface area contributed by atoms with E-state index in [1.807, 2.05) is 36.4 Å². The number of aliphatic carboxylic acids is 1. The molecule has 1 rings (SSSR count). The monoisotopic (exact) mass is 248 g/mol. The molecule has 0 bridgehead atoms. The van der Waals surface area contributed by atoms with E-state index in [2.05, 4.69) is 0 Å². The third kappa shape index (κ3) is 5.04. The van der Waals surface area contributed by atoms with Crippen molar-refractivity contribution in [3.05, 3.63) is 42.0 Å². The van der Waals surface area contributed by atoms with Gasteiger partial charge in [0.25, 0.3) is 0 Å². The van der Waals surface area contributed by atoms with Gasteiger partial charge < -0.3 is 9.84 Å². The molecular weight excluding hydrogens is 228 g/mol. The quantitative estimate of drug-likeness (QED) is 0.753. The van der Waals surface area contributed by atoms with Crippen LogP contribution < -0.4 is 4.74 Å². The maximum atomic E-state index is 10.6. The summed E-state index contributed by atoms with van der Waals surface area (Å²) < 4.78 is 5.09. The zero-order valence-corrected chi connectivity index (χ0v) is 10.9. The zero-order chi connectivity index (χ0) is 13.4. The van der Waals surface area contributed by atoms with Crippen molar-refractivity contribution in [2.75, 3.05) is 7.11 Å². The molecule has 1 atom stereocenters. The van der Waals surface area contributed by atoms with Crippen LogP contribution in [0.2, 0.25) is 0 Å². The van der Waals surface area contributed by atoms with Gasteiger partial charge in [0.1, 0.15) is 5.75 Å². The van der Waals surface area contributed by atoms with E-state index in [0.29, 0.717) is 6.42 Å². The van der Waals surface area contributed by atoms with Crippen LogP contribution in [0, 0.1) is 5.92 Å². The molecule has 0 saturated carbocycles. The van der Waals surface area contributed by atoms with Crippen LogP contribution in [-0.4, -0.2) is 18.2 Å². The fraction of sp³-hybridized carbons (Fsp3) is 0.400. The first-order chi connectivity index (χ1) is 8.63. The first-order valence-electron chi connectivity index (χ1n) is 6.14. The molecule has 1 aromatic rings. The number of allylic oxidation sites excluding steroid dienone is 2. The number of hydrogen-bond acceptors (Lipinski definition) is 2. The summed E-state index contributed by atoms with van der Waals surface area (Å²) in [6.45, 7) is 1.72. The van der Waals surface area contributed by atoms with Gasteiger partial charge in [0.15, 0.2) is 0 Å². The van der Waals surface area contributed by atoms with Crippen molar-refractivity contribution in [2.24, 2.45) is 5.92 Å². The number of aryl methyl sites for hydroxylation is 1. The Labute approximate surface area is 108 Å². The highest BCUT2D eigenvalue weighted by Crippen LogP contribution is 2.13. The molecule has 0 spiro atoms. The number of ether oxygens (including phenoxy) is 1. The van der Waals surface area contributed by atoms with E-state index in [1.54, 1.807) is 14.0 Å². The molecule has 0 radical (unpaired) electrons. The molecule has 0 aliphatic heterocycles. The van der Waals surface area contributed by atoms with Crippen molar-refractivity contribution >= 4 is 5.97 Å². The number of rotatable bonds is 7. The predicted molar refractivity (Wildman–Crippen MR) is 71.9 cm³/mol. The highest BCUT2D eigenvalue weighted by molar-refractivity contribution is 5.69. The largest absolute Gasteiger partial charge is 0.497 e. The van der Waals surface area contributed by atoms with Gasteiger partial charge in [-0.2, -0.15) is 0 Å². The van der Waals surface area contributed by atoms with Crippen molar-refractivity contribution in [1.29, 1.82) is 0 Å². The predicted octanol–water partition coefficient (Wildman–Crippen LogP) is 3.29. The Balaban J connectivity index is 2.28. The van der Waals surface area contributed by atoms with Crippen molar-refractivity contribution in [3.63, 3.8) is 0 Å². The molecule has 0 heterocycles. The second kappa shape index (κ2) is 7.54. The third-order valence-electron chi connectivity index (χ3n) is 2.84. The normalized spacial score (nSPS) is 12.6. The Bertz CT molecular complexity index is 393. The summed E-state index contributed by atoms with van der Waals surface area (Å²) in [6.07, 6.45) is 6.48. The summed E-state index contributed by atoms with van der Waals surface area (Å²) in [7, 11) is 1.65. The van der Waals surface area contributed by atoms with Gasteiger partial charge in [0, 0.05) is 0 Å². The third-order valence-corrected chi connectivity index (χ3v) is 2.84. The smallest absolute Gasteiger partial charge is 0.306 e. The molecule has 1 unspecified atom stereocenters. The van der Waals surface area contributed by atoms with Gasteiger partial charge in [0.2, 0.25) is 0 Å². The van der Waals surface area contributed by atoms with Gasteiger partial charge in [-0.1, -0.05) is 31.2 Å². The minimum atomic E-state index is -0.741. The number of methoxy groups -OCH3 is 1. The minimum absolute atomic E-state index is 0.303. The van der Waals surface area contributed by atoms with E-state index in [1.165, 1.54) is 5.56 Å². The van der Waals surface area contributed by atoms with E-state index in [0.717, 1.165) is 18.6 Å². The standard InChI is InChI=1S/C15H20O3/c1-12(15(16)17)6-4-3-5-7-13-8-10-14(18-2)11-9-13/h3-4,8-12H,5-7H2,1-2H3,(H,16,17). The molecule has 0 aliphatic rings. The van der Waals surface area contributed by atoms with Crippen LogP contribution in [0.15, 0.2) is 36.4 Å². The Morgan fingerprint density at radius 3 is 2.56 bits per heavy atom. The van der Waals surface area contributed by atoms with E-state index < -0.39 is 5.97 Å². The van der Waals surface area contributed by atoms with Crippen LogP contribution in [0.4, 0.5) is 0 Å². The Kier molecular flexibility index (Phi) is 5.98. The summed E-state index contributed by atoms with van der Waals surface area (Å²) in [6, 6.07) is 8.00. The van der Waals surface area contributed by atoms with Crippen molar-refractivity contribution in [2.45, 2.75) is 26.2 Å². The van der Waals surface area contributed by atoms with E-state index >= 15 is 0 Å². The molecule has 1 N–H and O–H groups in total. The molecule has 0 aromatic heterocycles. The molecule has 98 valence electrons. The van der Waals surface area contributed by atoms with Crippen molar-refractivity contribution in [1.82, 2.24) is 0 Å². The maximum Gasteiger partial charge on any atom is 0.306 e. The lowest BCUT2D eigenvalue weighted by Gasteiger charge is -2.02. The lowest BCUT2D eigenvalue weighted by molar-refractivity contribution is -0.140. The highest BCUT2D eigenvalue weighted by Gasteiger charge is 2.07. The molecule has 3 nitrogen and oxygen atoms in total. The number of carbonyl (C=O) groups is 1. The number of hydrogen-bond donors (Lipinski definition) is 1. The molecule has 0 fully saturated rings. The molecule has 0 aliphatic carbocycles. The molecule has 0 amide bonds. The summed E-state index contributed by atoms with van der Waals surface area (Å²) in [5, 5.41) is 8.72. The van der Waals surface area contributed by atoms with Crippen molar-refractivity contribution < 1.29 is 14.6 Å². The Morgan fingerprint density at radius 1 is 1.33 bits per heavy atom. The molecule has 0 saturated heterocycles. The van der Waals surface area contributed by atoms with Gasteiger partial charge in [-0.25, -0.2) is 0 Å². The van der Waals surface area contributed by atoms with Gasteiger partial charge in [-0.3, -0.25) is 4.79 Å². The van der Waals surface area contributed by atoms with Gasteiger partial charge in [-0.15, -0.1) is 0 Å². The van der Waals surface area contributed by atoms with Gasteiger partial charge in [-0.05, 0) is 37.0 Å². The molecule has 1 aromatic carbocycles. The van der Waals surface area contributed by atoms with Crippen LogP contribution in [0.3, 0.4) is 0 Å². The fourth-order valence-electron chi connectivity index (χ4n) is 1.56. The van der Waals surface area contributed by atoms with Crippen molar-refractivity contribution in [3.8, 4) is 5.75 Å². The first kappa shape index (κ1) is 14.3. The van der Waals surface area contributed by atoms with Crippen LogP contribution in [0.25, 0.3) is 0 Å². The SMILES string of the molecule is COc1ccc(CCC=CCC(C)C(=O)O)cc1. The average molecular weight is 248 g/mol. The number of carboxylic acid groups (broad SMARTS) is 1. The van der Waals surface area contributed by atoms with Crippen LogP contribution in [0.1, 0.15) is 25.3 Å². The highest BCUT2D eigenvalue weighted by atomic mass is 16.5. The Morgan fingerprint density at radius 2 is 2.00 bits per heavy atom. The van der Waals surface area contributed by atoms with E-state index in [9.17, 15) is 4.79 Å². The van der Waals surface area contributed by atoms with Crippen LogP contribution in [0.5, 0.6) is 5.75 Å². The summed E-state index contributed by atoms with van der Waals surface area (Å²) in [5.74, 6) is -0.179. The topological polar surface area (TPSA) is 46.5 Å².